The summed E-state index contributed by atoms with van der Waals surface area (Å²) in [5.74, 6) is -1.77. The second-order valence-electron chi connectivity index (χ2n) is 14.6. The lowest BCUT2D eigenvalue weighted by molar-refractivity contribution is -0.210. The van der Waals surface area contributed by atoms with E-state index >= 15 is 0 Å². The molecule has 4 saturated carbocycles. The van der Waals surface area contributed by atoms with Crippen molar-refractivity contribution in [3.05, 3.63) is 59.9 Å². The zero-order valence-electron chi connectivity index (χ0n) is 26.3. The molecule has 1 aromatic rings. The SMILES string of the molecule is CC(=O)O[C@H]1C[C@]2(O)[C@@H]3CC[C@@H]4C[C@@H](OC(=O)C(=O)OCc5ccccc5)CC[C@]4(C)[C@H]3CC[C@]2(C)[C@H]1C1=COC2OC2C=C1. The number of allylic oxidation sites excluding steroid dienone is 1. The van der Waals surface area contributed by atoms with Crippen LogP contribution >= 0.6 is 0 Å². The zero-order valence-corrected chi connectivity index (χ0v) is 26.3. The average molecular weight is 621 g/mol. The Morgan fingerprint density at radius 2 is 1.78 bits per heavy atom. The second-order valence-corrected chi connectivity index (χ2v) is 14.6. The van der Waals surface area contributed by atoms with Crippen LogP contribution in [0.5, 0.6) is 0 Å². The maximum atomic E-state index is 12.8. The van der Waals surface area contributed by atoms with E-state index in [1.165, 1.54) is 6.92 Å². The van der Waals surface area contributed by atoms with E-state index in [9.17, 15) is 19.5 Å². The van der Waals surface area contributed by atoms with Gasteiger partial charge < -0.3 is 28.8 Å². The van der Waals surface area contributed by atoms with E-state index in [1.807, 2.05) is 42.5 Å². The van der Waals surface area contributed by atoms with Gasteiger partial charge in [-0.3, -0.25) is 4.79 Å². The van der Waals surface area contributed by atoms with Crippen molar-refractivity contribution in [1.82, 2.24) is 0 Å². The first kappa shape index (κ1) is 30.5. The van der Waals surface area contributed by atoms with Gasteiger partial charge in [0, 0.05) is 24.7 Å². The van der Waals surface area contributed by atoms with E-state index in [0.29, 0.717) is 25.2 Å². The number of ether oxygens (including phenoxy) is 5. The molecule has 1 saturated heterocycles. The molecule has 0 radical (unpaired) electrons. The molecule has 0 spiro atoms. The fraction of sp³-hybridized carbons (Fsp3) is 0.639. The summed E-state index contributed by atoms with van der Waals surface area (Å²) in [6.07, 6.45) is 10.8. The van der Waals surface area contributed by atoms with Crippen molar-refractivity contribution in [2.75, 3.05) is 0 Å². The largest absolute Gasteiger partial charge is 0.469 e. The van der Waals surface area contributed by atoms with Crippen LogP contribution in [0.2, 0.25) is 0 Å². The first-order valence-electron chi connectivity index (χ1n) is 16.5. The Labute approximate surface area is 264 Å². The van der Waals surface area contributed by atoms with Crippen molar-refractivity contribution < 1.29 is 43.2 Å². The molecule has 2 unspecified atom stereocenters. The van der Waals surface area contributed by atoms with Crippen LogP contribution in [-0.2, 0) is 44.7 Å². The molecule has 242 valence electrons. The highest BCUT2D eigenvalue weighted by atomic mass is 16.8. The minimum Gasteiger partial charge on any atom is -0.469 e. The maximum absolute atomic E-state index is 12.8. The van der Waals surface area contributed by atoms with Gasteiger partial charge in [-0.15, -0.1) is 0 Å². The molecular formula is C36H44O9. The minimum atomic E-state index is -1.01. The number of epoxide rings is 1. The van der Waals surface area contributed by atoms with Crippen molar-refractivity contribution in [3.63, 3.8) is 0 Å². The van der Waals surface area contributed by atoms with E-state index in [0.717, 1.165) is 43.2 Å². The average Bonchev–Trinajstić information content (AvgIpc) is 3.75. The number of rotatable bonds is 5. The van der Waals surface area contributed by atoms with E-state index in [1.54, 1.807) is 6.26 Å². The molecule has 4 aliphatic carbocycles. The Bertz CT molecular complexity index is 1400. The quantitative estimate of drug-likeness (QED) is 0.206. The third kappa shape index (κ3) is 5.20. The Kier molecular flexibility index (Phi) is 7.63. The number of hydrogen-bond acceptors (Lipinski definition) is 9. The minimum absolute atomic E-state index is 0.0280. The molecule has 1 aromatic carbocycles. The van der Waals surface area contributed by atoms with Crippen LogP contribution in [0.1, 0.15) is 77.7 Å². The normalized spacial score (nSPS) is 42.7. The molecule has 2 aliphatic heterocycles. The smallest absolute Gasteiger partial charge is 0.417 e. The standard InChI is InChI=1S/C36H44O9/c1-21(37)43-29-18-36(40)27-11-10-24-17-25(44-32(39)31(38)41-19-22-7-5-4-6-8-22)13-15-34(24,2)26(27)14-16-35(36,3)30(29)23-9-12-28-33(45-28)42-20-23/h4-9,12,20,24-30,33,40H,10-11,13-19H2,1-3H3/t24-,25+,26+,27-,28?,29+,30+,33?,34+,35-,36+/m1/s1. The van der Waals surface area contributed by atoms with E-state index in [-0.39, 0.29) is 54.2 Å². The van der Waals surface area contributed by atoms with Crippen LogP contribution in [0.4, 0.5) is 0 Å². The Morgan fingerprint density at radius 3 is 2.56 bits per heavy atom. The lowest BCUT2D eigenvalue weighted by Gasteiger charge is -2.63. The Balaban J connectivity index is 1.05. The van der Waals surface area contributed by atoms with E-state index < -0.39 is 29.1 Å². The van der Waals surface area contributed by atoms with Crippen LogP contribution in [0.3, 0.4) is 0 Å². The Hall–Kier alpha value is -3.17. The monoisotopic (exact) mass is 620 g/mol. The summed E-state index contributed by atoms with van der Waals surface area (Å²) < 4.78 is 28.2. The number of carbonyl (C=O) groups is 3. The first-order chi connectivity index (χ1) is 21.5. The Morgan fingerprint density at radius 1 is 0.978 bits per heavy atom. The van der Waals surface area contributed by atoms with Crippen molar-refractivity contribution in [3.8, 4) is 0 Å². The summed E-state index contributed by atoms with van der Waals surface area (Å²) in [5.41, 5.74) is 0.205. The molecule has 9 heteroatoms. The lowest BCUT2D eigenvalue weighted by atomic mass is 9.43. The van der Waals surface area contributed by atoms with E-state index in [4.69, 9.17) is 23.7 Å². The number of carbonyl (C=O) groups excluding carboxylic acids is 3. The highest BCUT2D eigenvalue weighted by Gasteiger charge is 2.71. The summed E-state index contributed by atoms with van der Waals surface area (Å²) >= 11 is 0. The lowest BCUT2D eigenvalue weighted by Crippen LogP contribution is -2.62. The third-order valence-electron chi connectivity index (χ3n) is 12.4. The van der Waals surface area contributed by atoms with Crippen LogP contribution in [0.25, 0.3) is 0 Å². The highest BCUT2D eigenvalue weighted by Crippen LogP contribution is 2.70. The zero-order chi connectivity index (χ0) is 31.6. The number of esters is 3. The fourth-order valence-electron chi connectivity index (χ4n) is 10.1. The molecule has 9 nitrogen and oxygen atoms in total. The highest BCUT2D eigenvalue weighted by molar-refractivity contribution is 6.29. The predicted octanol–water partition coefficient (Wildman–Crippen LogP) is 5.15. The molecule has 0 amide bonds. The third-order valence-corrected chi connectivity index (χ3v) is 12.4. The van der Waals surface area contributed by atoms with Gasteiger partial charge in [-0.2, -0.15) is 0 Å². The summed E-state index contributed by atoms with van der Waals surface area (Å²) in [6, 6.07) is 9.25. The number of aliphatic hydroxyl groups is 1. The summed E-state index contributed by atoms with van der Waals surface area (Å²) in [5, 5.41) is 12.8. The van der Waals surface area contributed by atoms with Crippen molar-refractivity contribution in [1.29, 1.82) is 0 Å². The van der Waals surface area contributed by atoms with E-state index in [2.05, 4.69) is 13.8 Å². The molecule has 0 bridgehead atoms. The van der Waals surface area contributed by atoms with Crippen LogP contribution in [-0.4, -0.2) is 53.2 Å². The van der Waals surface area contributed by atoms with Crippen molar-refractivity contribution >= 4 is 17.9 Å². The van der Waals surface area contributed by atoms with Crippen LogP contribution in [0, 0.1) is 34.5 Å². The molecule has 6 aliphatic rings. The van der Waals surface area contributed by atoms with Gasteiger partial charge in [-0.25, -0.2) is 9.59 Å². The van der Waals surface area contributed by atoms with Gasteiger partial charge in [0.05, 0.1) is 11.9 Å². The molecular weight excluding hydrogens is 576 g/mol. The maximum Gasteiger partial charge on any atom is 0.417 e. The van der Waals surface area contributed by atoms with Gasteiger partial charge in [0.1, 0.15) is 24.9 Å². The fourth-order valence-corrected chi connectivity index (χ4v) is 10.1. The summed E-state index contributed by atoms with van der Waals surface area (Å²) in [7, 11) is 0. The number of fused-ring (bicyclic) bond motifs is 6. The topological polar surface area (TPSA) is 121 Å². The van der Waals surface area contributed by atoms with Crippen LogP contribution in [0.15, 0.2) is 54.3 Å². The molecule has 2 heterocycles. The summed E-state index contributed by atoms with van der Waals surface area (Å²) in [6.45, 7) is 5.99. The predicted molar refractivity (Wildman–Crippen MR) is 161 cm³/mol. The van der Waals surface area contributed by atoms with Crippen LogP contribution < -0.4 is 0 Å². The van der Waals surface area contributed by atoms with Crippen molar-refractivity contribution in [2.24, 2.45) is 34.5 Å². The molecule has 45 heavy (non-hydrogen) atoms. The molecule has 11 atom stereocenters. The molecule has 5 fully saturated rings. The van der Waals surface area contributed by atoms with Gasteiger partial charge >= 0.3 is 17.9 Å². The summed E-state index contributed by atoms with van der Waals surface area (Å²) in [4.78, 5) is 37.3. The van der Waals surface area contributed by atoms with Gasteiger partial charge in [-0.05, 0) is 85.3 Å². The number of hydrogen-bond donors (Lipinski definition) is 1. The second kappa shape index (κ2) is 11.3. The number of benzene rings is 1. The van der Waals surface area contributed by atoms with Gasteiger partial charge in [0.25, 0.3) is 0 Å². The molecule has 0 aromatic heterocycles. The van der Waals surface area contributed by atoms with Gasteiger partial charge in [0.15, 0.2) is 0 Å². The first-order valence-corrected chi connectivity index (χ1v) is 16.5. The van der Waals surface area contributed by atoms with Gasteiger partial charge in [-0.1, -0.05) is 50.3 Å². The molecule has 1 N–H and O–H groups in total. The van der Waals surface area contributed by atoms with Gasteiger partial charge in [0.2, 0.25) is 6.29 Å². The van der Waals surface area contributed by atoms with Crippen molar-refractivity contribution in [2.45, 2.75) is 109 Å². The molecule has 7 rings (SSSR count).